The molecule has 1 aliphatic heterocycles. The fourth-order valence-electron chi connectivity index (χ4n) is 4.36. The van der Waals surface area contributed by atoms with Gasteiger partial charge < -0.3 is 5.32 Å². The first kappa shape index (κ1) is 20.1. The van der Waals surface area contributed by atoms with Crippen LogP contribution in [0, 0.1) is 6.92 Å². The normalized spacial score (nSPS) is 20.8. The van der Waals surface area contributed by atoms with Gasteiger partial charge in [-0.05, 0) is 49.4 Å². The van der Waals surface area contributed by atoms with Crippen LogP contribution in [0.4, 0.5) is 0 Å². The van der Waals surface area contributed by atoms with Crippen molar-refractivity contribution in [2.24, 2.45) is 0 Å². The highest BCUT2D eigenvalue weighted by Crippen LogP contribution is 2.30. The maximum atomic E-state index is 13.5. The Labute approximate surface area is 173 Å². The highest BCUT2D eigenvalue weighted by molar-refractivity contribution is 7.89. The molecule has 1 N–H and O–H groups in total. The average Bonchev–Trinajstić information content (AvgIpc) is 2.74. The summed E-state index contributed by atoms with van der Waals surface area (Å²) in [5.74, 6) is -0.179. The number of hydrogen-bond acceptors (Lipinski definition) is 3. The fourth-order valence-corrected chi connectivity index (χ4v) is 5.93. The highest BCUT2D eigenvalue weighted by Gasteiger charge is 2.40. The summed E-state index contributed by atoms with van der Waals surface area (Å²) in [5.41, 5.74) is 3.01. The van der Waals surface area contributed by atoms with Crippen LogP contribution in [0.5, 0.6) is 0 Å². The van der Waals surface area contributed by atoms with E-state index in [-0.39, 0.29) is 23.4 Å². The predicted octanol–water partition coefficient (Wildman–Crippen LogP) is 3.56. The molecule has 2 aromatic carbocycles. The van der Waals surface area contributed by atoms with Gasteiger partial charge in [0.05, 0.1) is 4.90 Å². The van der Waals surface area contributed by atoms with Gasteiger partial charge in [0.15, 0.2) is 0 Å². The number of carbonyl (C=O) groups excluding carboxylic acids is 1. The molecule has 5 nitrogen and oxygen atoms in total. The molecule has 0 spiro atoms. The van der Waals surface area contributed by atoms with E-state index in [1.165, 1.54) is 10.7 Å². The summed E-state index contributed by atoms with van der Waals surface area (Å²) in [4.78, 5) is 13.4. The van der Waals surface area contributed by atoms with E-state index in [1.54, 1.807) is 24.3 Å². The lowest BCUT2D eigenvalue weighted by Gasteiger charge is -2.36. The number of sulfonamides is 1. The van der Waals surface area contributed by atoms with E-state index < -0.39 is 16.1 Å². The molecule has 0 aromatic heterocycles. The minimum atomic E-state index is -3.78. The van der Waals surface area contributed by atoms with Crippen LogP contribution >= 0.6 is 0 Å². The van der Waals surface area contributed by atoms with Gasteiger partial charge in [0.1, 0.15) is 6.04 Å². The molecule has 0 bridgehead atoms. The van der Waals surface area contributed by atoms with Crippen LogP contribution in [0.25, 0.3) is 0 Å². The van der Waals surface area contributed by atoms with Crippen molar-refractivity contribution < 1.29 is 13.2 Å². The maximum Gasteiger partial charge on any atom is 0.244 e. The third-order valence-corrected chi connectivity index (χ3v) is 7.96. The second-order valence-electron chi connectivity index (χ2n) is 8.20. The minimum absolute atomic E-state index is 0.150. The van der Waals surface area contributed by atoms with Gasteiger partial charge in [-0.3, -0.25) is 4.79 Å². The molecular formula is C23H28N2O3S. The Morgan fingerprint density at radius 3 is 2.31 bits per heavy atom. The van der Waals surface area contributed by atoms with Crippen molar-refractivity contribution in [1.82, 2.24) is 9.62 Å². The van der Waals surface area contributed by atoms with Crippen LogP contribution in [-0.2, 0) is 27.8 Å². The molecule has 0 radical (unpaired) electrons. The molecule has 29 heavy (non-hydrogen) atoms. The van der Waals surface area contributed by atoms with E-state index in [1.807, 2.05) is 31.2 Å². The molecular weight excluding hydrogens is 384 g/mol. The number of nitrogens with zero attached hydrogens (tertiary/aromatic N) is 1. The molecule has 1 amide bonds. The lowest BCUT2D eigenvalue weighted by atomic mass is 9.93. The molecule has 1 atom stereocenters. The van der Waals surface area contributed by atoms with E-state index in [4.69, 9.17) is 0 Å². The molecule has 0 saturated heterocycles. The fraction of sp³-hybridized carbons (Fsp3) is 0.435. The summed E-state index contributed by atoms with van der Waals surface area (Å²) >= 11 is 0. The van der Waals surface area contributed by atoms with Crippen molar-refractivity contribution in [1.29, 1.82) is 0 Å². The molecule has 1 aliphatic carbocycles. The van der Waals surface area contributed by atoms with Gasteiger partial charge in [0, 0.05) is 12.6 Å². The maximum absolute atomic E-state index is 13.5. The zero-order valence-electron chi connectivity index (χ0n) is 16.8. The van der Waals surface area contributed by atoms with Gasteiger partial charge in [0.2, 0.25) is 15.9 Å². The van der Waals surface area contributed by atoms with E-state index in [0.29, 0.717) is 6.42 Å². The number of amides is 1. The number of nitrogens with one attached hydrogen (secondary N) is 1. The first-order chi connectivity index (χ1) is 13.9. The van der Waals surface area contributed by atoms with Crippen molar-refractivity contribution in [3.8, 4) is 0 Å². The summed E-state index contributed by atoms with van der Waals surface area (Å²) in [5, 5.41) is 3.14. The van der Waals surface area contributed by atoms with Crippen molar-refractivity contribution >= 4 is 15.9 Å². The Kier molecular flexibility index (Phi) is 5.74. The largest absolute Gasteiger partial charge is 0.352 e. The lowest BCUT2D eigenvalue weighted by Crippen LogP contribution is -2.54. The SMILES string of the molecule is Cc1ccc(S(=O)(=O)N2Cc3ccccc3C[C@@H]2C(=O)NC2CCCCC2)cc1. The highest BCUT2D eigenvalue weighted by atomic mass is 32.2. The van der Waals surface area contributed by atoms with Gasteiger partial charge in [-0.15, -0.1) is 0 Å². The van der Waals surface area contributed by atoms with Crippen molar-refractivity contribution in [2.45, 2.75) is 69.0 Å². The topological polar surface area (TPSA) is 66.5 Å². The van der Waals surface area contributed by atoms with Crippen LogP contribution in [0.3, 0.4) is 0 Å². The van der Waals surface area contributed by atoms with Crippen molar-refractivity contribution in [2.75, 3.05) is 0 Å². The molecule has 1 fully saturated rings. The van der Waals surface area contributed by atoms with Gasteiger partial charge in [-0.1, -0.05) is 61.2 Å². The second kappa shape index (κ2) is 8.28. The molecule has 154 valence electrons. The third kappa shape index (κ3) is 4.23. The van der Waals surface area contributed by atoms with Crippen molar-refractivity contribution in [3.63, 3.8) is 0 Å². The van der Waals surface area contributed by atoms with Crippen molar-refractivity contribution in [3.05, 3.63) is 65.2 Å². The summed E-state index contributed by atoms with van der Waals surface area (Å²) in [6, 6.07) is 14.1. The van der Waals surface area contributed by atoms with E-state index in [9.17, 15) is 13.2 Å². The van der Waals surface area contributed by atoms with E-state index >= 15 is 0 Å². The Morgan fingerprint density at radius 2 is 1.62 bits per heavy atom. The Balaban J connectivity index is 1.66. The summed E-state index contributed by atoms with van der Waals surface area (Å²) in [6.07, 6.45) is 5.78. The molecule has 6 heteroatoms. The second-order valence-corrected chi connectivity index (χ2v) is 10.1. The smallest absolute Gasteiger partial charge is 0.244 e. The number of hydrogen-bond donors (Lipinski definition) is 1. The van der Waals surface area contributed by atoms with Gasteiger partial charge in [-0.2, -0.15) is 4.31 Å². The molecule has 2 aromatic rings. The summed E-state index contributed by atoms with van der Waals surface area (Å²) < 4.78 is 28.3. The number of benzene rings is 2. The first-order valence-electron chi connectivity index (χ1n) is 10.4. The average molecular weight is 413 g/mol. The van der Waals surface area contributed by atoms with Gasteiger partial charge in [-0.25, -0.2) is 8.42 Å². The molecule has 4 rings (SSSR count). The van der Waals surface area contributed by atoms with Crippen LogP contribution in [0.1, 0.15) is 48.8 Å². The monoisotopic (exact) mass is 412 g/mol. The number of fused-ring (bicyclic) bond motifs is 1. The molecule has 2 aliphatic rings. The summed E-state index contributed by atoms with van der Waals surface area (Å²) in [7, 11) is -3.78. The number of rotatable bonds is 4. The Hall–Kier alpha value is -2.18. The molecule has 0 unspecified atom stereocenters. The van der Waals surface area contributed by atoms with Crippen LogP contribution < -0.4 is 5.32 Å². The van der Waals surface area contributed by atoms with Crippen LogP contribution in [0.2, 0.25) is 0 Å². The zero-order valence-corrected chi connectivity index (χ0v) is 17.6. The Morgan fingerprint density at radius 1 is 0.966 bits per heavy atom. The quantitative estimate of drug-likeness (QED) is 0.835. The Bertz CT molecular complexity index is 979. The predicted molar refractivity (Wildman–Crippen MR) is 113 cm³/mol. The standard InChI is InChI=1S/C23H28N2O3S/c1-17-11-13-21(14-12-17)29(27,28)25-16-19-8-6-5-7-18(19)15-22(25)23(26)24-20-9-3-2-4-10-20/h5-8,11-14,20,22H,2-4,9-10,15-16H2,1H3,(H,24,26)/t22-/m1/s1. The minimum Gasteiger partial charge on any atom is -0.352 e. The van der Waals surface area contributed by atoms with E-state index in [2.05, 4.69) is 5.32 Å². The molecule has 1 heterocycles. The zero-order chi connectivity index (χ0) is 20.4. The van der Waals surface area contributed by atoms with Crippen LogP contribution in [-0.4, -0.2) is 30.7 Å². The third-order valence-electron chi connectivity index (χ3n) is 6.09. The number of carbonyl (C=O) groups is 1. The molecule has 1 saturated carbocycles. The number of aryl methyl sites for hydroxylation is 1. The van der Waals surface area contributed by atoms with Crippen LogP contribution in [0.15, 0.2) is 53.4 Å². The van der Waals surface area contributed by atoms with Gasteiger partial charge >= 0.3 is 0 Å². The summed E-state index contributed by atoms with van der Waals surface area (Å²) in [6.45, 7) is 2.14. The first-order valence-corrected chi connectivity index (χ1v) is 11.8. The van der Waals surface area contributed by atoms with E-state index in [0.717, 1.165) is 42.4 Å². The van der Waals surface area contributed by atoms with Gasteiger partial charge in [0.25, 0.3) is 0 Å². The lowest BCUT2D eigenvalue weighted by molar-refractivity contribution is -0.126.